The predicted molar refractivity (Wildman–Crippen MR) is 76.0 cm³/mol. The smallest absolute Gasteiger partial charge is 0.336 e. The number of benzene rings is 1. The minimum absolute atomic E-state index is 0.0319. The fourth-order valence-corrected chi connectivity index (χ4v) is 3.03. The number of hydrogen-bond donors (Lipinski definition) is 1. The zero-order valence-electron chi connectivity index (χ0n) is 12.5. The molecule has 24 heavy (non-hydrogen) atoms. The Hall–Kier alpha value is -2.58. The fraction of sp³-hybridized carbons (Fsp3) is 0.400. The van der Waals surface area contributed by atoms with Crippen LogP contribution in [0.2, 0.25) is 0 Å². The maximum atomic E-state index is 13.0. The number of rotatable bonds is 2. The minimum atomic E-state index is -4.63. The second kappa shape index (κ2) is 5.81. The topological polar surface area (TPSA) is 69.7 Å². The van der Waals surface area contributed by atoms with E-state index in [4.69, 9.17) is 0 Å². The van der Waals surface area contributed by atoms with Crippen molar-refractivity contribution < 1.29 is 27.6 Å². The zero-order valence-corrected chi connectivity index (χ0v) is 12.5. The van der Waals surface area contributed by atoms with Crippen LogP contribution in [0.4, 0.5) is 18.0 Å². The summed E-state index contributed by atoms with van der Waals surface area (Å²) in [5.41, 5.74) is -1.42. The van der Waals surface area contributed by atoms with Gasteiger partial charge < -0.3 is 10.2 Å². The first-order valence-corrected chi connectivity index (χ1v) is 7.34. The average Bonchev–Trinajstić information content (AvgIpc) is 3.12. The van der Waals surface area contributed by atoms with Gasteiger partial charge >= 0.3 is 12.2 Å². The highest BCUT2D eigenvalue weighted by molar-refractivity contribution is 6.02. The molecule has 3 rings (SSSR count). The molecular weight excluding hydrogens is 327 g/mol. The van der Waals surface area contributed by atoms with Crippen molar-refractivity contribution in [2.45, 2.75) is 18.6 Å². The van der Waals surface area contributed by atoms with Crippen molar-refractivity contribution in [3.63, 3.8) is 0 Å². The lowest BCUT2D eigenvalue weighted by molar-refractivity contribution is -0.138. The fourth-order valence-electron chi connectivity index (χ4n) is 3.03. The van der Waals surface area contributed by atoms with E-state index in [0.717, 1.165) is 17.0 Å². The second-order valence-corrected chi connectivity index (χ2v) is 5.66. The first-order chi connectivity index (χ1) is 11.3. The van der Waals surface area contributed by atoms with Crippen molar-refractivity contribution >= 4 is 17.8 Å². The second-order valence-electron chi connectivity index (χ2n) is 5.66. The summed E-state index contributed by atoms with van der Waals surface area (Å²) in [5.74, 6) is -1.15. The van der Waals surface area contributed by atoms with Crippen LogP contribution in [-0.4, -0.2) is 53.3 Å². The van der Waals surface area contributed by atoms with Crippen molar-refractivity contribution in [2.75, 3.05) is 19.6 Å². The number of halogens is 3. The van der Waals surface area contributed by atoms with Crippen LogP contribution >= 0.6 is 0 Å². The Bertz CT molecular complexity index is 689. The molecule has 0 radical (unpaired) electrons. The molecule has 2 fully saturated rings. The lowest BCUT2D eigenvalue weighted by Crippen LogP contribution is -2.43. The van der Waals surface area contributed by atoms with E-state index in [9.17, 15) is 27.6 Å². The number of carbonyl (C=O) groups excluding carboxylic acids is 3. The summed E-state index contributed by atoms with van der Waals surface area (Å²) in [4.78, 5) is 38.1. The number of imide groups is 1. The molecular formula is C15H14F3N3O3. The SMILES string of the molecule is O=C(c1ccccc1C(F)(F)F)N1CCC(N2C(=O)CNC2=O)C1. The Labute approximate surface area is 135 Å². The third-order valence-corrected chi connectivity index (χ3v) is 4.16. The van der Waals surface area contributed by atoms with Crippen molar-refractivity contribution in [1.29, 1.82) is 0 Å². The van der Waals surface area contributed by atoms with E-state index >= 15 is 0 Å². The van der Waals surface area contributed by atoms with E-state index in [1.54, 1.807) is 0 Å². The molecule has 0 aliphatic carbocycles. The van der Waals surface area contributed by atoms with Gasteiger partial charge in [0, 0.05) is 13.1 Å². The molecule has 1 N–H and O–H groups in total. The van der Waals surface area contributed by atoms with E-state index in [1.807, 2.05) is 0 Å². The summed E-state index contributed by atoms with van der Waals surface area (Å²) in [5, 5.41) is 2.39. The van der Waals surface area contributed by atoms with E-state index in [2.05, 4.69) is 5.32 Å². The lowest BCUT2D eigenvalue weighted by atomic mass is 10.1. The molecule has 6 nitrogen and oxygen atoms in total. The van der Waals surface area contributed by atoms with Crippen molar-refractivity contribution in [2.24, 2.45) is 0 Å². The number of nitrogens with zero attached hydrogens (tertiary/aromatic N) is 2. The molecule has 128 valence electrons. The highest BCUT2D eigenvalue weighted by Crippen LogP contribution is 2.33. The van der Waals surface area contributed by atoms with Crippen LogP contribution in [0, 0.1) is 0 Å². The Morgan fingerprint density at radius 2 is 1.92 bits per heavy atom. The zero-order chi connectivity index (χ0) is 17.5. The molecule has 4 amide bonds. The lowest BCUT2D eigenvalue weighted by Gasteiger charge is -2.22. The average molecular weight is 341 g/mol. The molecule has 2 aliphatic heterocycles. The van der Waals surface area contributed by atoms with Gasteiger partial charge in [-0.2, -0.15) is 13.2 Å². The van der Waals surface area contributed by atoms with Gasteiger partial charge in [-0.05, 0) is 18.6 Å². The van der Waals surface area contributed by atoms with E-state index in [-0.39, 0.29) is 19.6 Å². The van der Waals surface area contributed by atoms with Crippen LogP contribution in [0.3, 0.4) is 0 Å². The molecule has 2 saturated heterocycles. The highest BCUT2D eigenvalue weighted by atomic mass is 19.4. The van der Waals surface area contributed by atoms with Gasteiger partial charge in [-0.3, -0.25) is 14.5 Å². The number of hydrogen-bond acceptors (Lipinski definition) is 3. The summed E-state index contributed by atoms with van der Waals surface area (Å²) in [6.45, 7) is 0.122. The first kappa shape index (κ1) is 16.3. The number of amides is 4. The number of nitrogens with one attached hydrogen (secondary N) is 1. The van der Waals surface area contributed by atoms with Crippen molar-refractivity contribution in [3.05, 3.63) is 35.4 Å². The Kier molecular flexibility index (Phi) is 3.94. The monoisotopic (exact) mass is 341 g/mol. The normalized spacial score (nSPS) is 21.4. The quantitative estimate of drug-likeness (QED) is 0.829. The molecule has 9 heteroatoms. The van der Waals surface area contributed by atoms with Crippen LogP contribution < -0.4 is 5.32 Å². The predicted octanol–water partition coefficient (Wildman–Crippen LogP) is 1.47. The van der Waals surface area contributed by atoms with Crippen LogP contribution in [0.25, 0.3) is 0 Å². The molecule has 2 aliphatic rings. The van der Waals surface area contributed by atoms with E-state index < -0.39 is 41.2 Å². The Morgan fingerprint density at radius 3 is 2.54 bits per heavy atom. The molecule has 0 spiro atoms. The Morgan fingerprint density at radius 1 is 1.21 bits per heavy atom. The summed E-state index contributed by atoms with van der Waals surface area (Å²) < 4.78 is 39.1. The summed E-state index contributed by atoms with van der Waals surface area (Å²) in [7, 11) is 0. The van der Waals surface area contributed by atoms with Gasteiger partial charge in [0.05, 0.1) is 23.7 Å². The highest BCUT2D eigenvalue weighted by Gasteiger charge is 2.41. The van der Waals surface area contributed by atoms with Crippen LogP contribution in [0.15, 0.2) is 24.3 Å². The van der Waals surface area contributed by atoms with E-state index in [0.29, 0.717) is 6.42 Å². The van der Waals surface area contributed by atoms with Crippen molar-refractivity contribution in [3.8, 4) is 0 Å². The van der Waals surface area contributed by atoms with Gasteiger partial charge in [0.1, 0.15) is 0 Å². The summed E-state index contributed by atoms with van der Waals surface area (Å²) in [6, 6.07) is 3.54. The summed E-state index contributed by atoms with van der Waals surface area (Å²) >= 11 is 0. The van der Waals surface area contributed by atoms with Gasteiger partial charge in [0.2, 0.25) is 5.91 Å². The molecule has 1 unspecified atom stereocenters. The minimum Gasteiger partial charge on any atom is -0.336 e. The molecule has 2 heterocycles. The molecule has 1 atom stereocenters. The number of urea groups is 1. The van der Waals surface area contributed by atoms with E-state index in [1.165, 1.54) is 17.0 Å². The van der Waals surface area contributed by atoms with Crippen molar-refractivity contribution in [1.82, 2.24) is 15.1 Å². The molecule has 0 saturated carbocycles. The number of carbonyl (C=O) groups is 3. The van der Waals surface area contributed by atoms with Gasteiger partial charge in [-0.1, -0.05) is 12.1 Å². The molecule has 1 aromatic rings. The first-order valence-electron chi connectivity index (χ1n) is 7.34. The maximum Gasteiger partial charge on any atom is 0.417 e. The largest absolute Gasteiger partial charge is 0.417 e. The maximum absolute atomic E-state index is 13.0. The van der Waals surface area contributed by atoms with Crippen LogP contribution in [-0.2, 0) is 11.0 Å². The standard InChI is InChI=1S/C15H14F3N3O3/c16-15(17,18)11-4-2-1-3-10(11)13(23)20-6-5-9(8-20)21-12(22)7-19-14(21)24/h1-4,9H,5-8H2,(H,19,24). The number of likely N-dealkylation sites (tertiary alicyclic amines) is 1. The molecule has 1 aromatic carbocycles. The third-order valence-electron chi connectivity index (χ3n) is 4.16. The van der Waals surface area contributed by atoms with Gasteiger partial charge in [-0.25, -0.2) is 4.79 Å². The Balaban J connectivity index is 1.79. The van der Waals surface area contributed by atoms with Gasteiger partial charge in [-0.15, -0.1) is 0 Å². The third kappa shape index (κ3) is 2.81. The molecule has 0 aromatic heterocycles. The van der Waals surface area contributed by atoms with Gasteiger partial charge in [0.15, 0.2) is 0 Å². The van der Waals surface area contributed by atoms with Crippen LogP contribution in [0.1, 0.15) is 22.3 Å². The van der Waals surface area contributed by atoms with Crippen LogP contribution in [0.5, 0.6) is 0 Å². The number of alkyl halides is 3. The molecule has 0 bridgehead atoms. The van der Waals surface area contributed by atoms with Gasteiger partial charge in [0.25, 0.3) is 5.91 Å². The summed E-state index contributed by atoms with van der Waals surface area (Å²) in [6.07, 6.45) is -4.28.